The maximum absolute atomic E-state index is 12.8. The first-order valence-electron chi connectivity index (χ1n) is 21.1. The lowest BCUT2D eigenvalue weighted by molar-refractivity contribution is -0.130. The van der Waals surface area contributed by atoms with E-state index in [1.54, 1.807) is 0 Å². The first kappa shape index (κ1) is 53.7. The quantitative estimate of drug-likeness (QED) is 0.0313. The molecule has 14 nitrogen and oxygen atoms in total. The maximum Gasteiger partial charge on any atom is 0.327 e. The molecule has 0 saturated heterocycles. The Morgan fingerprint density at radius 3 is 1.73 bits per heavy atom. The Balaban J connectivity index is 4.57. The summed E-state index contributed by atoms with van der Waals surface area (Å²) in [5, 5.41) is 17.9. The van der Waals surface area contributed by atoms with Crippen LogP contribution < -0.4 is 21.7 Å². The fraction of sp³-hybridized carbons (Fsp3) is 0.923. The van der Waals surface area contributed by atoms with E-state index in [0.29, 0.717) is 25.4 Å². The van der Waals surface area contributed by atoms with Crippen molar-refractivity contribution in [3.05, 3.63) is 0 Å². The second-order valence-corrected chi connectivity index (χ2v) is 17.2. The summed E-state index contributed by atoms with van der Waals surface area (Å²) in [6.07, 6.45) is 23.3. The molecule has 0 aromatic carbocycles. The van der Waals surface area contributed by atoms with Crippen LogP contribution in [-0.4, -0.2) is 121 Å². The van der Waals surface area contributed by atoms with Crippen molar-refractivity contribution in [2.75, 3.05) is 70.5 Å². The van der Waals surface area contributed by atoms with Crippen LogP contribution in [0, 0.1) is 0 Å². The Kier molecular flexibility index (Phi) is 37.3. The molecule has 0 heterocycles. The van der Waals surface area contributed by atoms with Crippen LogP contribution >= 0.6 is 19.4 Å². The van der Waals surface area contributed by atoms with Crippen LogP contribution in [0.5, 0.6) is 0 Å². The van der Waals surface area contributed by atoms with Crippen molar-refractivity contribution in [2.45, 2.75) is 160 Å². The van der Waals surface area contributed by atoms with Crippen molar-refractivity contribution in [3.8, 4) is 0 Å². The van der Waals surface area contributed by atoms with Gasteiger partial charge in [-0.15, -0.1) is 0 Å². The summed E-state index contributed by atoms with van der Waals surface area (Å²) >= 11 is 1.43. The fourth-order valence-electron chi connectivity index (χ4n) is 5.71. The van der Waals surface area contributed by atoms with Crippen LogP contribution in [0.2, 0.25) is 0 Å². The lowest BCUT2D eigenvalue weighted by atomic mass is 10.1. The highest BCUT2D eigenvalue weighted by Gasteiger charge is 2.23. The van der Waals surface area contributed by atoms with E-state index in [1.165, 1.54) is 102 Å². The van der Waals surface area contributed by atoms with Crippen LogP contribution in [0.15, 0.2) is 0 Å². The van der Waals surface area contributed by atoms with Gasteiger partial charge in [-0.25, -0.2) is 0 Å². The van der Waals surface area contributed by atoms with Gasteiger partial charge in [0.15, 0.2) is 0 Å². The monoisotopic (exact) mass is 827 g/mol. The number of hydrogen-bond acceptors (Lipinski definition) is 10. The first-order valence-corrected chi connectivity index (χ1v) is 24.1. The number of nitrogens with one attached hydrogen (secondary N) is 3. The number of amides is 3. The lowest BCUT2D eigenvalue weighted by Crippen LogP contribution is -2.54. The van der Waals surface area contributed by atoms with Crippen molar-refractivity contribution in [1.29, 1.82) is 0 Å². The van der Waals surface area contributed by atoms with E-state index < -0.39 is 38.1 Å². The van der Waals surface area contributed by atoms with Gasteiger partial charge in [0.25, 0.3) is 0 Å². The summed E-state index contributed by atoms with van der Waals surface area (Å²) in [5.74, 6) is -0.397. The zero-order valence-corrected chi connectivity index (χ0v) is 36.0. The van der Waals surface area contributed by atoms with Gasteiger partial charge in [0.1, 0.15) is 6.04 Å². The first-order chi connectivity index (χ1) is 26.5. The Hall–Kier alpha value is -1.29. The van der Waals surface area contributed by atoms with Crippen LogP contribution in [0.3, 0.4) is 0 Å². The van der Waals surface area contributed by atoms with E-state index in [9.17, 15) is 24.1 Å². The molecule has 0 spiro atoms. The minimum Gasteiger partial charge on any atom is -0.394 e. The fourth-order valence-corrected chi connectivity index (χ4v) is 7.08. The smallest absolute Gasteiger partial charge is 0.327 e. The van der Waals surface area contributed by atoms with Gasteiger partial charge in [-0.2, -0.15) is 11.8 Å². The molecule has 0 aliphatic rings. The molecule has 0 aliphatic heterocycles. The van der Waals surface area contributed by atoms with Gasteiger partial charge in [-0.05, 0) is 12.8 Å². The second kappa shape index (κ2) is 38.2. The van der Waals surface area contributed by atoms with Crippen molar-refractivity contribution in [3.63, 3.8) is 0 Å². The number of unbranched alkanes of at least 4 members (excludes halogenated alkanes) is 17. The minimum atomic E-state index is -4.10. The van der Waals surface area contributed by atoms with Crippen LogP contribution in [-0.2, 0) is 33.2 Å². The number of carbonyl (C=O) groups excluding carboxylic acids is 3. The zero-order valence-electron chi connectivity index (χ0n) is 34.3. The summed E-state index contributed by atoms with van der Waals surface area (Å²) in [6, 6.07) is -2.35. The number of aliphatic hydroxyl groups is 1. The highest BCUT2D eigenvalue weighted by molar-refractivity contribution is 7.99. The maximum atomic E-state index is 12.8. The number of nitrogens with two attached hydrogens (primary N) is 1. The van der Waals surface area contributed by atoms with Crippen molar-refractivity contribution in [2.24, 2.45) is 5.73 Å². The highest BCUT2D eigenvalue weighted by atomic mass is 32.2. The molecule has 3 amide bonds. The molecule has 0 fully saturated rings. The molecule has 0 rings (SSSR count). The average Bonchev–Trinajstić information content (AvgIpc) is 3.15. The van der Waals surface area contributed by atoms with E-state index in [2.05, 4.69) is 29.8 Å². The van der Waals surface area contributed by atoms with Crippen molar-refractivity contribution in [1.82, 2.24) is 16.0 Å². The Bertz CT molecular complexity index is 981. The largest absolute Gasteiger partial charge is 0.394 e. The third kappa shape index (κ3) is 36.8. The molecule has 0 aromatic rings. The topological polar surface area (TPSA) is 219 Å². The number of rotatable bonds is 41. The summed E-state index contributed by atoms with van der Waals surface area (Å²) in [5.41, 5.74) is 6.14. The average molecular weight is 827 g/mol. The predicted octanol–water partition coefficient (Wildman–Crippen LogP) is 5.19. The molecule has 0 bridgehead atoms. The van der Waals surface area contributed by atoms with Gasteiger partial charge in [0, 0.05) is 31.1 Å². The second-order valence-electron chi connectivity index (χ2n) is 14.4. The zero-order chi connectivity index (χ0) is 40.8. The number of thioether (sulfide) groups is 1. The molecular formula is C39H79N4O10PS. The van der Waals surface area contributed by atoms with Crippen molar-refractivity contribution >= 4 is 37.1 Å². The van der Waals surface area contributed by atoms with Gasteiger partial charge in [-0.1, -0.05) is 123 Å². The molecule has 326 valence electrons. The third-order valence-corrected chi connectivity index (χ3v) is 11.0. The van der Waals surface area contributed by atoms with E-state index in [-0.39, 0.29) is 56.8 Å². The van der Waals surface area contributed by atoms with Gasteiger partial charge >= 0.3 is 7.60 Å². The normalized spacial score (nSPS) is 13.3. The Morgan fingerprint density at radius 1 is 0.655 bits per heavy atom. The summed E-state index contributed by atoms with van der Waals surface area (Å²) < 4.78 is 27.2. The molecule has 16 heteroatoms. The number of carbonyl (C=O) groups is 3. The van der Waals surface area contributed by atoms with Gasteiger partial charge in [0.2, 0.25) is 17.7 Å². The van der Waals surface area contributed by atoms with E-state index in [4.69, 9.17) is 29.7 Å². The number of hydrogen-bond donors (Lipinski definition) is 7. The molecule has 0 aromatic heterocycles. The Labute approximate surface area is 336 Å². The highest BCUT2D eigenvalue weighted by Crippen LogP contribution is 2.33. The standard InChI is InChI=1S/C39H79N4O10PS/c1-3-5-7-9-11-13-15-17-19-21-24-53-31-34(42-37(45)22-20-18-16-14-12-10-8-6-4-2)32-55-33-35(40)38(46)43-36(30-44)39(47)41-23-25-51-26-27-52-28-29-54(48,49)50/h34-36,44H,3-33,40H2,1-2H3,(H,41,47)(H,42,45)(H,43,46)(H2,48,49,50)/t34-,35+,36+/m1/s1. The molecule has 0 radical (unpaired) electrons. The number of aliphatic hydroxyl groups excluding tert-OH is 1. The SMILES string of the molecule is CCCCCCCCCCCCOC[C@H](CSC[C@H](N)C(=O)N[C@@H](CO)C(=O)NCCOCCOCCP(=O)(O)O)NC(=O)CCCCCCCCCCC. The molecule has 0 saturated carbocycles. The van der Waals surface area contributed by atoms with Crippen LogP contribution in [0.4, 0.5) is 0 Å². The van der Waals surface area contributed by atoms with Crippen molar-refractivity contribution < 1.29 is 48.1 Å². The molecule has 0 unspecified atom stereocenters. The predicted molar refractivity (Wildman–Crippen MR) is 222 cm³/mol. The minimum absolute atomic E-state index is 0.00633. The van der Waals surface area contributed by atoms with E-state index in [1.807, 2.05) is 0 Å². The van der Waals surface area contributed by atoms with Crippen LogP contribution in [0.25, 0.3) is 0 Å². The number of ether oxygens (including phenoxy) is 3. The molecule has 55 heavy (non-hydrogen) atoms. The molecule has 0 aliphatic carbocycles. The molecule has 3 atom stereocenters. The van der Waals surface area contributed by atoms with E-state index >= 15 is 0 Å². The summed E-state index contributed by atoms with van der Waals surface area (Å²) in [4.78, 5) is 55.7. The van der Waals surface area contributed by atoms with Gasteiger partial charge < -0.3 is 50.8 Å². The van der Waals surface area contributed by atoms with Gasteiger partial charge in [-0.3, -0.25) is 18.9 Å². The molecular weight excluding hydrogens is 747 g/mol. The Morgan fingerprint density at radius 2 is 1.18 bits per heavy atom. The summed E-state index contributed by atoms with van der Waals surface area (Å²) in [6.45, 7) is 5.33. The van der Waals surface area contributed by atoms with Gasteiger partial charge in [0.05, 0.1) is 57.9 Å². The van der Waals surface area contributed by atoms with E-state index in [0.717, 1.165) is 32.1 Å². The third-order valence-electron chi connectivity index (χ3n) is 9.05. The van der Waals surface area contributed by atoms with Crippen LogP contribution in [0.1, 0.15) is 142 Å². The summed E-state index contributed by atoms with van der Waals surface area (Å²) in [7, 11) is -4.10. The molecule has 8 N–H and O–H groups in total. The lowest BCUT2D eigenvalue weighted by Gasteiger charge is -2.21.